The molecule has 19 heavy (non-hydrogen) atoms. The summed E-state index contributed by atoms with van der Waals surface area (Å²) in [5, 5.41) is 3.32. The Hall–Kier alpha value is -0.650. The molecule has 1 amide bonds. The number of piperazine rings is 1. The third kappa shape index (κ3) is 4.44. The molecule has 2 rings (SSSR count). The lowest BCUT2D eigenvalue weighted by molar-refractivity contribution is -0.135. The monoisotopic (exact) mass is 269 g/mol. The van der Waals surface area contributed by atoms with Crippen LogP contribution in [0.3, 0.4) is 0 Å². The fraction of sp³-hybridized carbons (Fsp3) is 0.929. The van der Waals surface area contributed by atoms with E-state index in [2.05, 4.69) is 17.1 Å². The summed E-state index contributed by atoms with van der Waals surface area (Å²) in [5.74, 6) is 0.974. The first-order valence-corrected chi connectivity index (χ1v) is 7.44. The van der Waals surface area contributed by atoms with E-state index < -0.39 is 0 Å². The number of carbonyl (C=O) groups excluding carboxylic acids is 1. The minimum Gasteiger partial charge on any atom is -0.383 e. The number of carbonyl (C=O) groups is 1. The zero-order valence-electron chi connectivity index (χ0n) is 12.2. The van der Waals surface area contributed by atoms with Crippen molar-refractivity contribution in [2.24, 2.45) is 5.92 Å². The molecule has 110 valence electrons. The number of amides is 1. The van der Waals surface area contributed by atoms with Crippen molar-refractivity contribution in [3.63, 3.8) is 0 Å². The Morgan fingerprint density at radius 1 is 1.42 bits per heavy atom. The highest BCUT2D eigenvalue weighted by molar-refractivity contribution is 5.78. The molecular formula is C14H27N3O2. The van der Waals surface area contributed by atoms with E-state index in [9.17, 15) is 4.79 Å². The fourth-order valence-electron chi connectivity index (χ4n) is 2.73. The summed E-state index contributed by atoms with van der Waals surface area (Å²) in [7, 11) is 1.70. The summed E-state index contributed by atoms with van der Waals surface area (Å²) in [6.45, 7) is 8.02. The van der Waals surface area contributed by atoms with E-state index in [1.54, 1.807) is 7.11 Å². The average Bonchev–Trinajstić information content (AvgIpc) is 3.24. The van der Waals surface area contributed by atoms with E-state index >= 15 is 0 Å². The summed E-state index contributed by atoms with van der Waals surface area (Å²) in [6.07, 6.45) is 2.54. The molecule has 0 aromatic carbocycles. The zero-order chi connectivity index (χ0) is 13.7. The van der Waals surface area contributed by atoms with E-state index in [-0.39, 0.29) is 5.91 Å². The molecule has 2 fully saturated rings. The van der Waals surface area contributed by atoms with E-state index in [4.69, 9.17) is 4.74 Å². The topological polar surface area (TPSA) is 44.8 Å². The summed E-state index contributed by atoms with van der Waals surface area (Å²) < 4.78 is 5.15. The highest BCUT2D eigenvalue weighted by Crippen LogP contribution is 2.35. The lowest BCUT2D eigenvalue weighted by Crippen LogP contribution is -2.51. The number of rotatable bonds is 7. The first-order valence-electron chi connectivity index (χ1n) is 7.44. The lowest BCUT2D eigenvalue weighted by Gasteiger charge is -2.33. The van der Waals surface area contributed by atoms with Crippen molar-refractivity contribution in [2.45, 2.75) is 25.8 Å². The maximum Gasteiger partial charge on any atom is 0.237 e. The number of methoxy groups -OCH3 is 1. The van der Waals surface area contributed by atoms with Crippen LogP contribution in [0, 0.1) is 5.92 Å². The molecule has 1 aliphatic heterocycles. The van der Waals surface area contributed by atoms with Gasteiger partial charge in [0.05, 0.1) is 13.2 Å². The van der Waals surface area contributed by atoms with E-state index in [0.29, 0.717) is 25.1 Å². The second-order valence-electron chi connectivity index (χ2n) is 5.68. The van der Waals surface area contributed by atoms with Crippen molar-refractivity contribution in [3.05, 3.63) is 0 Å². The van der Waals surface area contributed by atoms with Gasteiger partial charge >= 0.3 is 0 Å². The number of nitrogens with one attached hydrogen (secondary N) is 1. The zero-order valence-corrected chi connectivity index (χ0v) is 12.2. The van der Waals surface area contributed by atoms with Crippen LogP contribution in [0.4, 0.5) is 0 Å². The lowest BCUT2D eigenvalue weighted by atomic mass is 10.1. The summed E-state index contributed by atoms with van der Waals surface area (Å²) in [5.41, 5.74) is 0. The van der Waals surface area contributed by atoms with Gasteiger partial charge in [-0.15, -0.1) is 0 Å². The molecular weight excluding hydrogens is 242 g/mol. The Balaban J connectivity index is 1.85. The van der Waals surface area contributed by atoms with Gasteiger partial charge in [0.15, 0.2) is 0 Å². The highest BCUT2D eigenvalue weighted by atomic mass is 16.5. The van der Waals surface area contributed by atoms with E-state index in [1.165, 1.54) is 12.8 Å². The molecule has 1 unspecified atom stereocenters. The number of hydrogen-bond donors (Lipinski definition) is 1. The fourth-order valence-corrected chi connectivity index (χ4v) is 2.73. The predicted molar refractivity (Wildman–Crippen MR) is 75.1 cm³/mol. The first-order chi connectivity index (χ1) is 9.22. The minimum atomic E-state index is 0.262. The van der Waals surface area contributed by atoms with Crippen LogP contribution in [0.15, 0.2) is 0 Å². The number of nitrogens with zero attached hydrogens (tertiary/aromatic N) is 2. The molecule has 0 aromatic heterocycles. The van der Waals surface area contributed by atoms with Gasteiger partial charge in [-0.3, -0.25) is 9.69 Å². The second-order valence-corrected chi connectivity index (χ2v) is 5.68. The van der Waals surface area contributed by atoms with Crippen molar-refractivity contribution < 1.29 is 9.53 Å². The maximum absolute atomic E-state index is 12.5. The van der Waals surface area contributed by atoms with Gasteiger partial charge < -0.3 is 15.0 Å². The van der Waals surface area contributed by atoms with Crippen LogP contribution >= 0.6 is 0 Å². The van der Waals surface area contributed by atoms with Gasteiger partial charge in [0, 0.05) is 45.9 Å². The van der Waals surface area contributed by atoms with Crippen LogP contribution in [0.2, 0.25) is 0 Å². The molecule has 1 N–H and O–H groups in total. The van der Waals surface area contributed by atoms with Gasteiger partial charge in [0.2, 0.25) is 5.91 Å². The van der Waals surface area contributed by atoms with Gasteiger partial charge in [-0.1, -0.05) is 0 Å². The minimum absolute atomic E-state index is 0.262. The third-order valence-corrected chi connectivity index (χ3v) is 4.22. The Kier molecular flexibility index (Phi) is 5.60. The van der Waals surface area contributed by atoms with Crippen LogP contribution in [0.5, 0.6) is 0 Å². The molecule has 1 saturated heterocycles. The summed E-state index contributed by atoms with van der Waals surface area (Å²) in [6, 6.07) is 0.366. The van der Waals surface area contributed by atoms with Gasteiger partial charge in [0.1, 0.15) is 0 Å². The molecule has 5 heteroatoms. The molecule has 0 bridgehead atoms. The van der Waals surface area contributed by atoms with Crippen molar-refractivity contribution in [1.29, 1.82) is 0 Å². The van der Waals surface area contributed by atoms with Gasteiger partial charge in [0.25, 0.3) is 0 Å². The number of hydrogen-bond acceptors (Lipinski definition) is 4. The van der Waals surface area contributed by atoms with Crippen LogP contribution < -0.4 is 5.32 Å². The molecule has 5 nitrogen and oxygen atoms in total. The van der Waals surface area contributed by atoms with Gasteiger partial charge in [-0.25, -0.2) is 0 Å². The molecule has 0 spiro atoms. The van der Waals surface area contributed by atoms with Crippen LogP contribution in [-0.4, -0.2) is 74.7 Å². The van der Waals surface area contributed by atoms with Crippen molar-refractivity contribution in [3.8, 4) is 0 Å². The van der Waals surface area contributed by atoms with Gasteiger partial charge in [-0.2, -0.15) is 0 Å². The largest absolute Gasteiger partial charge is 0.383 e. The standard InChI is InChI=1S/C14H27N3O2/c1-12(13-3-4-13)17(9-10-19-2)14(18)11-16-7-5-15-6-8-16/h12-13,15H,3-11H2,1-2H3. The van der Waals surface area contributed by atoms with E-state index in [0.717, 1.165) is 32.7 Å². The highest BCUT2D eigenvalue weighted by Gasteiger charge is 2.34. The quantitative estimate of drug-likeness (QED) is 0.715. The van der Waals surface area contributed by atoms with Crippen molar-refractivity contribution in [2.75, 3.05) is 53.0 Å². The Morgan fingerprint density at radius 3 is 2.68 bits per heavy atom. The van der Waals surface area contributed by atoms with Crippen LogP contribution in [0.25, 0.3) is 0 Å². The second kappa shape index (κ2) is 7.22. The molecule has 1 heterocycles. The Labute approximate surface area is 116 Å². The molecule has 0 aromatic rings. The molecule has 1 aliphatic carbocycles. The Morgan fingerprint density at radius 2 is 2.11 bits per heavy atom. The molecule has 0 radical (unpaired) electrons. The SMILES string of the molecule is COCCN(C(=O)CN1CCNCC1)C(C)C1CC1. The van der Waals surface area contributed by atoms with Crippen molar-refractivity contribution >= 4 is 5.91 Å². The number of ether oxygens (including phenoxy) is 1. The van der Waals surface area contributed by atoms with E-state index in [1.807, 2.05) is 4.90 Å². The van der Waals surface area contributed by atoms with Gasteiger partial charge in [-0.05, 0) is 25.7 Å². The predicted octanol–water partition coefficient (Wildman–Crippen LogP) is 0.165. The average molecular weight is 269 g/mol. The Bertz CT molecular complexity index is 288. The smallest absolute Gasteiger partial charge is 0.237 e. The maximum atomic E-state index is 12.5. The first kappa shape index (κ1) is 14.8. The molecule has 1 saturated carbocycles. The normalized spacial score (nSPS) is 22.2. The molecule has 1 atom stereocenters. The summed E-state index contributed by atoms with van der Waals surface area (Å²) in [4.78, 5) is 16.8. The van der Waals surface area contributed by atoms with Crippen molar-refractivity contribution in [1.82, 2.24) is 15.1 Å². The molecule has 2 aliphatic rings. The third-order valence-electron chi connectivity index (χ3n) is 4.22. The summed E-state index contributed by atoms with van der Waals surface area (Å²) >= 11 is 0. The van der Waals surface area contributed by atoms with Crippen LogP contribution in [-0.2, 0) is 9.53 Å². The van der Waals surface area contributed by atoms with Crippen LogP contribution in [0.1, 0.15) is 19.8 Å².